The molecule has 0 saturated carbocycles. The first-order valence-electron chi connectivity index (χ1n) is 12.6. The molecule has 0 atom stereocenters. The Hall–Kier alpha value is -1.12. The van der Waals surface area contributed by atoms with Gasteiger partial charge < -0.3 is 74.4 Å². The Labute approximate surface area is 239 Å². The van der Waals surface area contributed by atoms with E-state index in [2.05, 4.69) is 10.6 Å². The number of nitrogens with two attached hydrogens (primary N) is 2. The van der Waals surface area contributed by atoms with Gasteiger partial charge in [0.2, 0.25) is 0 Å². The van der Waals surface area contributed by atoms with E-state index in [-0.39, 0.29) is 55.3 Å². The van der Waals surface area contributed by atoms with E-state index in [1.54, 1.807) is 19.1 Å². The van der Waals surface area contributed by atoms with Crippen molar-refractivity contribution < 1.29 is 74.2 Å². The topological polar surface area (TPSA) is 151 Å². The Morgan fingerprint density at radius 2 is 1.00 bits per heavy atom. The molecule has 2 amide bonds. The van der Waals surface area contributed by atoms with E-state index < -0.39 is 11.2 Å². The number of quaternary nitrogens is 2. The first-order valence-corrected chi connectivity index (χ1v) is 12.6. The molecule has 6 N–H and O–H groups in total. The number of hydrogen-bond acceptors (Lipinski definition) is 8. The van der Waals surface area contributed by atoms with Crippen molar-refractivity contribution in [3.63, 3.8) is 0 Å². The zero-order chi connectivity index (χ0) is 27.5. The van der Waals surface area contributed by atoms with Crippen molar-refractivity contribution in [1.82, 2.24) is 9.80 Å². The molecule has 0 aromatic carbocycles. The van der Waals surface area contributed by atoms with Crippen molar-refractivity contribution in [3.8, 4) is 0 Å². The summed E-state index contributed by atoms with van der Waals surface area (Å²) in [6.07, 6.45) is -0.196. The van der Waals surface area contributed by atoms with Crippen LogP contribution < -0.4 is 35.4 Å². The Kier molecular flexibility index (Phi) is 18.8. The molecule has 228 valence electrons. The number of amides is 2. The molecule has 0 aliphatic carbocycles. The van der Waals surface area contributed by atoms with Crippen molar-refractivity contribution in [3.05, 3.63) is 0 Å². The summed E-state index contributed by atoms with van der Waals surface area (Å²) in [6, 6.07) is 0. The molecule has 38 heavy (non-hydrogen) atoms. The van der Waals surface area contributed by atoms with Gasteiger partial charge in [-0.3, -0.25) is 0 Å². The van der Waals surface area contributed by atoms with Crippen LogP contribution in [0.2, 0.25) is 0 Å². The molecule has 0 radical (unpaired) electrons. The SMILES string of the molecule is CC(C)(C)OC(=O)N1CC(O)C1.COC1CN(C(=O)OC(C)(C)C)C1.COC1C[NH2+]C1.OC1C[NH2+]C1.[Cl-].[Cl-]. The third-order valence-corrected chi connectivity index (χ3v) is 5.42. The van der Waals surface area contributed by atoms with Crippen LogP contribution in [0, 0.1) is 0 Å². The van der Waals surface area contributed by atoms with Crippen LogP contribution in [0.5, 0.6) is 0 Å². The van der Waals surface area contributed by atoms with Crippen LogP contribution in [-0.4, -0.2) is 134 Å². The summed E-state index contributed by atoms with van der Waals surface area (Å²) in [7, 11) is 3.41. The summed E-state index contributed by atoms with van der Waals surface area (Å²) in [5.74, 6) is 0. The number of aliphatic hydroxyl groups excluding tert-OH is 2. The molecule has 0 unspecified atom stereocenters. The number of carbonyl (C=O) groups is 2. The minimum absolute atomic E-state index is 0. The summed E-state index contributed by atoms with van der Waals surface area (Å²) in [4.78, 5) is 25.7. The lowest BCUT2D eigenvalue weighted by molar-refractivity contribution is -0.724. The second kappa shape index (κ2) is 18.3. The van der Waals surface area contributed by atoms with Crippen molar-refractivity contribution in [1.29, 1.82) is 0 Å². The normalized spacial score (nSPS) is 19.3. The van der Waals surface area contributed by atoms with Gasteiger partial charge in [-0.2, -0.15) is 0 Å². The van der Waals surface area contributed by atoms with Crippen LogP contribution in [0.15, 0.2) is 0 Å². The fourth-order valence-corrected chi connectivity index (χ4v) is 2.80. The molecule has 0 aromatic rings. The molecular formula is C24H50Cl2N4O8. The minimum Gasteiger partial charge on any atom is -1.00 e. The number of halogens is 2. The van der Waals surface area contributed by atoms with Gasteiger partial charge in [0.15, 0.2) is 12.2 Å². The molecule has 4 rings (SSSR count). The molecular weight excluding hydrogens is 543 g/mol. The smallest absolute Gasteiger partial charge is 0.410 e. The zero-order valence-corrected chi connectivity index (χ0v) is 25.6. The number of rotatable bonds is 2. The van der Waals surface area contributed by atoms with Crippen LogP contribution in [0.1, 0.15) is 41.5 Å². The average molecular weight is 594 g/mol. The first kappa shape index (κ1) is 39.0. The summed E-state index contributed by atoms with van der Waals surface area (Å²) in [6.45, 7) is 17.3. The highest BCUT2D eigenvalue weighted by Crippen LogP contribution is 2.16. The van der Waals surface area contributed by atoms with Gasteiger partial charge in [0, 0.05) is 14.2 Å². The maximum Gasteiger partial charge on any atom is 0.410 e. The molecule has 4 heterocycles. The van der Waals surface area contributed by atoms with Gasteiger partial charge in [-0.25, -0.2) is 9.59 Å². The highest BCUT2D eigenvalue weighted by molar-refractivity contribution is 5.69. The van der Waals surface area contributed by atoms with Crippen LogP contribution in [0.25, 0.3) is 0 Å². The predicted octanol–water partition coefficient (Wildman–Crippen LogP) is -7.64. The lowest BCUT2D eigenvalue weighted by atomic mass is 10.2. The van der Waals surface area contributed by atoms with Gasteiger partial charge in [-0.05, 0) is 41.5 Å². The van der Waals surface area contributed by atoms with Gasteiger partial charge in [0.1, 0.15) is 37.4 Å². The average Bonchev–Trinajstić information content (AvgIpc) is 2.61. The molecule has 14 heteroatoms. The second-order valence-electron chi connectivity index (χ2n) is 11.3. The third kappa shape index (κ3) is 16.8. The van der Waals surface area contributed by atoms with E-state index in [1.165, 1.54) is 4.90 Å². The third-order valence-electron chi connectivity index (χ3n) is 5.42. The van der Waals surface area contributed by atoms with E-state index in [9.17, 15) is 9.59 Å². The van der Waals surface area contributed by atoms with Crippen molar-refractivity contribution in [2.45, 2.75) is 77.2 Å². The number of aliphatic hydroxyl groups is 2. The molecule has 0 aromatic heterocycles. The van der Waals surface area contributed by atoms with Gasteiger partial charge in [-0.15, -0.1) is 0 Å². The second-order valence-corrected chi connectivity index (χ2v) is 11.3. The van der Waals surface area contributed by atoms with Crippen molar-refractivity contribution in [2.24, 2.45) is 0 Å². The number of nitrogens with zero attached hydrogens (tertiary/aromatic N) is 2. The molecule has 0 bridgehead atoms. The minimum atomic E-state index is -0.447. The molecule has 4 aliphatic heterocycles. The number of hydrogen-bond donors (Lipinski definition) is 4. The largest absolute Gasteiger partial charge is 1.00 e. The number of likely N-dealkylation sites (tertiary alicyclic amines) is 2. The van der Waals surface area contributed by atoms with E-state index in [4.69, 9.17) is 29.2 Å². The number of carbonyl (C=O) groups excluding carboxylic acids is 2. The molecule has 12 nitrogen and oxygen atoms in total. The van der Waals surface area contributed by atoms with Crippen LogP contribution >= 0.6 is 0 Å². The van der Waals surface area contributed by atoms with E-state index in [0.717, 1.165) is 26.2 Å². The molecule has 4 aliphatic rings. The standard InChI is InChI=1S/C9H17NO3.C8H15NO3.C4H9NO.C3H7NO.2ClH/c1-9(2,3)13-8(11)10-5-7(6-10)12-4;1-8(2,3)12-7(11)9-4-6(10)5-9;1-6-4-2-5-3-4;5-3-1-4-2-3;;/h7H,5-6H2,1-4H3;6,10H,4-5H2,1-3H3;4-5H,2-3H2,1H3;3-5H,1-2H2;2*1H. The maximum atomic E-state index is 11.4. The Bertz CT molecular complexity index is 656. The van der Waals surface area contributed by atoms with Crippen LogP contribution in [-0.2, 0) is 18.9 Å². The maximum absolute atomic E-state index is 11.4. The Morgan fingerprint density at radius 3 is 1.18 bits per heavy atom. The summed E-state index contributed by atoms with van der Waals surface area (Å²) in [5, 5.41) is 21.6. The van der Waals surface area contributed by atoms with Crippen molar-refractivity contribution in [2.75, 3.05) is 66.6 Å². The zero-order valence-electron chi connectivity index (χ0n) is 24.1. The molecule has 0 spiro atoms. The quantitative estimate of drug-likeness (QED) is 0.247. The summed E-state index contributed by atoms with van der Waals surface area (Å²) in [5.41, 5.74) is -0.854. The summed E-state index contributed by atoms with van der Waals surface area (Å²) < 4.78 is 20.2. The number of β-amino-alcohol motifs (C(OH)–C–C–N with tert-alkyl or cyclic N) is 1. The first-order chi connectivity index (χ1) is 16.6. The van der Waals surface area contributed by atoms with Gasteiger partial charge in [0.05, 0.1) is 38.4 Å². The fraction of sp³-hybridized carbons (Fsp3) is 0.917. The Morgan fingerprint density at radius 1 is 0.658 bits per heavy atom. The Balaban J connectivity index is 0. The van der Waals surface area contributed by atoms with E-state index in [0.29, 0.717) is 32.3 Å². The molecule has 4 saturated heterocycles. The highest BCUT2D eigenvalue weighted by atomic mass is 35.5. The predicted molar refractivity (Wildman–Crippen MR) is 133 cm³/mol. The van der Waals surface area contributed by atoms with Crippen LogP contribution in [0.3, 0.4) is 0 Å². The lowest BCUT2D eigenvalue weighted by Gasteiger charge is -2.38. The van der Waals surface area contributed by atoms with Gasteiger partial charge >= 0.3 is 12.2 Å². The van der Waals surface area contributed by atoms with Crippen molar-refractivity contribution >= 4 is 12.2 Å². The fourth-order valence-electron chi connectivity index (χ4n) is 2.80. The van der Waals surface area contributed by atoms with E-state index in [1.807, 2.05) is 41.5 Å². The van der Waals surface area contributed by atoms with Crippen LogP contribution in [0.4, 0.5) is 9.59 Å². The number of ether oxygens (including phenoxy) is 4. The lowest BCUT2D eigenvalue weighted by Crippen LogP contribution is -3.00. The van der Waals surface area contributed by atoms with Gasteiger partial charge in [0.25, 0.3) is 0 Å². The van der Waals surface area contributed by atoms with E-state index >= 15 is 0 Å². The molecule has 4 fully saturated rings. The highest BCUT2D eigenvalue weighted by Gasteiger charge is 2.33. The number of methoxy groups -OCH3 is 2. The van der Waals surface area contributed by atoms with Gasteiger partial charge in [-0.1, -0.05) is 0 Å². The monoisotopic (exact) mass is 592 g/mol. The summed E-state index contributed by atoms with van der Waals surface area (Å²) >= 11 is 0.